The summed E-state index contributed by atoms with van der Waals surface area (Å²) in [5.74, 6) is 0. The van der Waals surface area contributed by atoms with Crippen LogP contribution in [0.1, 0.15) is 42.6 Å². The van der Waals surface area contributed by atoms with Crippen LogP contribution < -0.4 is 5.32 Å². The molecular formula is C17H17ClN2. The molecule has 0 aromatic heterocycles. The van der Waals surface area contributed by atoms with Crippen LogP contribution in [0.15, 0.2) is 48.5 Å². The summed E-state index contributed by atoms with van der Waals surface area (Å²) < 4.78 is 0. The van der Waals surface area contributed by atoms with Gasteiger partial charge in [-0.2, -0.15) is 5.26 Å². The summed E-state index contributed by atoms with van der Waals surface area (Å²) in [6.07, 6.45) is 0. The fraction of sp³-hybridized carbons (Fsp3) is 0.235. The molecule has 0 heterocycles. The van der Waals surface area contributed by atoms with Gasteiger partial charge in [-0.05, 0) is 49.2 Å². The first-order valence-corrected chi connectivity index (χ1v) is 6.99. The molecule has 2 rings (SSSR count). The van der Waals surface area contributed by atoms with Gasteiger partial charge in [-0.1, -0.05) is 35.9 Å². The Balaban J connectivity index is 2.06. The molecule has 0 saturated carbocycles. The van der Waals surface area contributed by atoms with Crippen molar-refractivity contribution < 1.29 is 0 Å². The van der Waals surface area contributed by atoms with Gasteiger partial charge < -0.3 is 5.32 Å². The van der Waals surface area contributed by atoms with Crippen molar-refractivity contribution in [3.8, 4) is 6.07 Å². The lowest BCUT2D eigenvalue weighted by Crippen LogP contribution is -2.22. The zero-order chi connectivity index (χ0) is 14.5. The van der Waals surface area contributed by atoms with Crippen LogP contribution in [0.25, 0.3) is 0 Å². The van der Waals surface area contributed by atoms with E-state index in [1.165, 1.54) is 0 Å². The van der Waals surface area contributed by atoms with E-state index in [1.54, 1.807) is 0 Å². The van der Waals surface area contributed by atoms with Crippen LogP contribution in [-0.4, -0.2) is 0 Å². The molecule has 0 aliphatic heterocycles. The summed E-state index contributed by atoms with van der Waals surface area (Å²) in [5, 5.41) is 13.1. The van der Waals surface area contributed by atoms with Gasteiger partial charge in [0.1, 0.15) is 0 Å². The van der Waals surface area contributed by atoms with Crippen LogP contribution in [0.4, 0.5) is 0 Å². The molecule has 0 radical (unpaired) electrons. The van der Waals surface area contributed by atoms with E-state index in [2.05, 4.69) is 31.3 Å². The maximum Gasteiger partial charge on any atom is 0.0991 e. The van der Waals surface area contributed by atoms with Gasteiger partial charge in [0.25, 0.3) is 0 Å². The quantitative estimate of drug-likeness (QED) is 0.889. The first-order valence-electron chi connectivity index (χ1n) is 6.61. The summed E-state index contributed by atoms with van der Waals surface area (Å²) in [7, 11) is 0. The number of nitrogens with zero attached hydrogens (tertiary/aromatic N) is 1. The number of hydrogen-bond donors (Lipinski definition) is 1. The SMILES string of the molecule is CC(N[C@H](C)c1cccc(Cl)c1)c1ccc(C#N)cc1. The molecule has 0 aliphatic carbocycles. The Labute approximate surface area is 125 Å². The predicted octanol–water partition coefficient (Wildman–Crippen LogP) is 4.62. The second kappa shape index (κ2) is 6.56. The van der Waals surface area contributed by atoms with Crippen LogP contribution in [0.2, 0.25) is 5.02 Å². The minimum atomic E-state index is 0.205. The summed E-state index contributed by atoms with van der Waals surface area (Å²) >= 11 is 6.02. The number of hydrogen-bond acceptors (Lipinski definition) is 2. The van der Waals surface area contributed by atoms with Crippen LogP contribution in [0.3, 0.4) is 0 Å². The number of halogens is 1. The molecule has 0 bridgehead atoms. The number of nitrogens with one attached hydrogen (secondary N) is 1. The third-order valence-corrected chi connectivity index (χ3v) is 3.62. The summed E-state index contributed by atoms with van der Waals surface area (Å²) in [6.45, 7) is 4.23. The Kier molecular flexibility index (Phi) is 4.79. The standard InChI is InChI=1S/C17H17ClN2/c1-12(15-8-6-14(11-19)7-9-15)20-13(2)16-4-3-5-17(18)10-16/h3-10,12-13,20H,1-2H3/t12?,13-/m1/s1. The zero-order valence-electron chi connectivity index (χ0n) is 11.6. The monoisotopic (exact) mass is 284 g/mol. The minimum absolute atomic E-state index is 0.205. The Morgan fingerprint density at radius 1 is 1.00 bits per heavy atom. The Bertz CT molecular complexity index is 614. The van der Waals surface area contributed by atoms with Crippen molar-refractivity contribution in [3.63, 3.8) is 0 Å². The Morgan fingerprint density at radius 3 is 2.25 bits per heavy atom. The third-order valence-electron chi connectivity index (χ3n) is 3.39. The highest BCUT2D eigenvalue weighted by Crippen LogP contribution is 2.21. The first-order chi connectivity index (χ1) is 9.60. The Hall–Kier alpha value is -1.82. The van der Waals surface area contributed by atoms with Gasteiger partial charge in [-0.3, -0.25) is 0 Å². The highest BCUT2D eigenvalue weighted by atomic mass is 35.5. The molecule has 0 fully saturated rings. The second-order valence-electron chi connectivity index (χ2n) is 4.90. The number of benzene rings is 2. The van der Waals surface area contributed by atoms with Crippen molar-refractivity contribution >= 4 is 11.6 Å². The van der Waals surface area contributed by atoms with E-state index in [4.69, 9.17) is 16.9 Å². The second-order valence-corrected chi connectivity index (χ2v) is 5.34. The lowest BCUT2D eigenvalue weighted by molar-refractivity contribution is 0.494. The lowest BCUT2D eigenvalue weighted by Gasteiger charge is -2.21. The Morgan fingerprint density at radius 2 is 1.65 bits per heavy atom. The van der Waals surface area contributed by atoms with Crippen molar-refractivity contribution in [2.24, 2.45) is 0 Å². The first kappa shape index (κ1) is 14.6. The molecule has 102 valence electrons. The maximum atomic E-state index is 8.81. The maximum absolute atomic E-state index is 8.81. The molecule has 2 aromatic carbocycles. The van der Waals surface area contributed by atoms with Gasteiger partial charge in [0.15, 0.2) is 0 Å². The topological polar surface area (TPSA) is 35.8 Å². The van der Waals surface area contributed by atoms with E-state index in [0.29, 0.717) is 5.56 Å². The molecule has 0 aliphatic rings. The molecule has 0 saturated heterocycles. The van der Waals surface area contributed by atoms with E-state index < -0.39 is 0 Å². The number of nitriles is 1. The van der Waals surface area contributed by atoms with Crippen molar-refractivity contribution in [1.29, 1.82) is 5.26 Å². The van der Waals surface area contributed by atoms with Crippen LogP contribution in [0, 0.1) is 11.3 Å². The van der Waals surface area contributed by atoms with Gasteiger partial charge >= 0.3 is 0 Å². The molecule has 0 spiro atoms. The minimum Gasteiger partial charge on any atom is -0.304 e. The van der Waals surface area contributed by atoms with Crippen molar-refractivity contribution in [3.05, 3.63) is 70.2 Å². The third kappa shape index (κ3) is 3.60. The molecule has 1 N–H and O–H groups in total. The summed E-state index contributed by atoms with van der Waals surface area (Å²) in [6, 6.07) is 18.1. The molecule has 2 atom stereocenters. The highest BCUT2D eigenvalue weighted by Gasteiger charge is 2.11. The molecular weight excluding hydrogens is 268 g/mol. The van der Waals surface area contributed by atoms with Gasteiger partial charge in [0, 0.05) is 17.1 Å². The van der Waals surface area contributed by atoms with Crippen molar-refractivity contribution in [2.75, 3.05) is 0 Å². The molecule has 0 amide bonds. The van der Waals surface area contributed by atoms with Crippen LogP contribution in [0.5, 0.6) is 0 Å². The van der Waals surface area contributed by atoms with Gasteiger partial charge in [-0.25, -0.2) is 0 Å². The molecule has 2 aromatic rings. The average molecular weight is 285 g/mol. The molecule has 20 heavy (non-hydrogen) atoms. The van der Waals surface area contributed by atoms with Crippen LogP contribution in [-0.2, 0) is 0 Å². The van der Waals surface area contributed by atoms with Crippen molar-refractivity contribution in [2.45, 2.75) is 25.9 Å². The predicted molar refractivity (Wildman–Crippen MR) is 82.6 cm³/mol. The smallest absolute Gasteiger partial charge is 0.0991 e. The van der Waals surface area contributed by atoms with Crippen molar-refractivity contribution in [1.82, 2.24) is 5.32 Å². The molecule has 3 heteroatoms. The molecule has 1 unspecified atom stereocenters. The lowest BCUT2D eigenvalue weighted by atomic mass is 10.0. The molecule has 2 nitrogen and oxygen atoms in total. The van der Waals surface area contributed by atoms with E-state index in [9.17, 15) is 0 Å². The van der Waals surface area contributed by atoms with Gasteiger partial charge in [0.05, 0.1) is 11.6 Å². The fourth-order valence-electron chi connectivity index (χ4n) is 2.19. The van der Waals surface area contributed by atoms with E-state index in [1.807, 2.05) is 42.5 Å². The van der Waals surface area contributed by atoms with E-state index in [-0.39, 0.29) is 12.1 Å². The van der Waals surface area contributed by atoms with E-state index >= 15 is 0 Å². The van der Waals surface area contributed by atoms with Crippen LogP contribution >= 0.6 is 11.6 Å². The highest BCUT2D eigenvalue weighted by molar-refractivity contribution is 6.30. The zero-order valence-corrected chi connectivity index (χ0v) is 12.4. The van der Waals surface area contributed by atoms with Gasteiger partial charge in [-0.15, -0.1) is 0 Å². The largest absolute Gasteiger partial charge is 0.304 e. The fourth-order valence-corrected chi connectivity index (χ4v) is 2.39. The average Bonchev–Trinajstić information content (AvgIpc) is 2.47. The van der Waals surface area contributed by atoms with E-state index in [0.717, 1.165) is 16.1 Å². The number of rotatable bonds is 4. The van der Waals surface area contributed by atoms with Gasteiger partial charge in [0.2, 0.25) is 0 Å². The summed E-state index contributed by atoms with van der Waals surface area (Å²) in [5.41, 5.74) is 3.01. The summed E-state index contributed by atoms with van der Waals surface area (Å²) in [4.78, 5) is 0. The normalized spacial score (nSPS) is 13.5.